The molecule has 1 atom stereocenters. The van der Waals surface area contributed by atoms with Crippen LogP contribution >= 0.6 is 0 Å². The highest BCUT2D eigenvalue weighted by Gasteiger charge is 2.28. The summed E-state index contributed by atoms with van der Waals surface area (Å²) in [5, 5.41) is 2.97. The molecule has 2 rings (SSSR count). The lowest BCUT2D eigenvalue weighted by Crippen LogP contribution is -2.49. The second-order valence-corrected chi connectivity index (χ2v) is 11.8. The van der Waals surface area contributed by atoms with Gasteiger partial charge in [-0.05, 0) is 68.9 Å². The fourth-order valence-corrected chi connectivity index (χ4v) is 5.48. The minimum absolute atomic E-state index is 0.140. The Balaban J connectivity index is 2.22. The summed E-state index contributed by atoms with van der Waals surface area (Å²) in [5.74, 6) is -0.308. The van der Waals surface area contributed by atoms with Crippen LogP contribution in [0.25, 0.3) is 0 Å². The van der Waals surface area contributed by atoms with E-state index in [0.29, 0.717) is 31.6 Å². The lowest BCUT2D eigenvalue weighted by Gasteiger charge is -2.31. The maximum atomic E-state index is 13.5. The van der Waals surface area contributed by atoms with E-state index in [-0.39, 0.29) is 24.8 Å². The van der Waals surface area contributed by atoms with Crippen LogP contribution < -0.4 is 9.62 Å². The van der Waals surface area contributed by atoms with Crippen molar-refractivity contribution in [1.82, 2.24) is 10.2 Å². The van der Waals surface area contributed by atoms with E-state index in [1.807, 2.05) is 70.2 Å². The Morgan fingerprint density at radius 1 is 0.946 bits per heavy atom. The highest BCUT2D eigenvalue weighted by molar-refractivity contribution is 7.92. The fourth-order valence-electron chi connectivity index (χ4n) is 4.53. The predicted octanol–water partition coefficient (Wildman–Crippen LogP) is 4.88. The lowest BCUT2D eigenvalue weighted by atomic mass is 10.1. The average molecular weight is 530 g/mol. The van der Waals surface area contributed by atoms with Gasteiger partial charge < -0.3 is 10.2 Å². The topological polar surface area (TPSA) is 86.8 Å². The number of hydrogen-bond acceptors (Lipinski definition) is 4. The Morgan fingerprint density at radius 3 is 2.19 bits per heavy atom. The first-order chi connectivity index (χ1) is 17.5. The number of aryl methyl sites for hydroxylation is 3. The van der Waals surface area contributed by atoms with Crippen LogP contribution in [-0.4, -0.2) is 50.5 Å². The van der Waals surface area contributed by atoms with E-state index in [1.54, 1.807) is 4.90 Å². The second kappa shape index (κ2) is 14.2. The summed E-state index contributed by atoms with van der Waals surface area (Å²) in [4.78, 5) is 28.2. The molecule has 0 aromatic heterocycles. The van der Waals surface area contributed by atoms with Crippen molar-refractivity contribution in [2.45, 2.75) is 79.3 Å². The van der Waals surface area contributed by atoms with Crippen LogP contribution in [0.4, 0.5) is 5.69 Å². The fraction of sp³-hybridized carbons (Fsp3) is 0.517. The zero-order chi connectivity index (χ0) is 27.6. The van der Waals surface area contributed by atoms with E-state index < -0.39 is 16.1 Å². The monoisotopic (exact) mass is 529 g/mol. The lowest BCUT2D eigenvalue weighted by molar-refractivity contribution is -0.141. The summed E-state index contributed by atoms with van der Waals surface area (Å²) in [7, 11) is -3.53. The normalized spacial score (nSPS) is 12.2. The number of nitrogens with zero attached hydrogens (tertiary/aromatic N) is 2. The highest BCUT2D eigenvalue weighted by atomic mass is 32.2. The number of unbranched alkanes of at least 4 members (excludes halogenated alkanes) is 1. The number of sulfonamides is 1. The molecule has 37 heavy (non-hydrogen) atoms. The van der Waals surface area contributed by atoms with Crippen LogP contribution in [0.15, 0.2) is 42.5 Å². The number of nitrogens with one attached hydrogen (secondary N) is 1. The number of rotatable bonds is 14. The van der Waals surface area contributed by atoms with E-state index >= 15 is 0 Å². The van der Waals surface area contributed by atoms with Gasteiger partial charge in [0, 0.05) is 26.1 Å². The van der Waals surface area contributed by atoms with Crippen molar-refractivity contribution < 1.29 is 18.0 Å². The van der Waals surface area contributed by atoms with Gasteiger partial charge in [-0.3, -0.25) is 13.9 Å². The molecule has 0 spiro atoms. The molecule has 0 saturated carbocycles. The van der Waals surface area contributed by atoms with Gasteiger partial charge in [0.1, 0.15) is 6.04 Å². The number of amides is 2. The molecule has 0 aliphatic rings. The molecule has 0 fully saturated rings. The zero-order valence-electron chi connectivity index (χ0n) is 23.2. The maximum absolute atomic E-state index is 13.5. The number of carbonyl (C=O) groups excluding carboxylic acids is 2. The molecule has 0 unspecified atom stereocenters. The first-order valence-corrected chi connectivity index (χ1v) is 15.0. The van der Waals surface area contributed by atoms with Gasteiger partial charge in [0.15, 0.2) is 0 Å². The first kappa shape index (κ1) is 30.4. The SMILES string of the molecule is CCCCNC(=O)[C@H](CC)N(Cc1cccc(C)c1)C(=O)CCCN(c1cc(C)cc(C)c1)S(C)(=O)=O. The minimum atomic E-state index is -3.53. The molecule has 2 amide bonds. The van der Waals surface area contributed by atoms with E-state index in [9.17, 15) is 18.0 Å². The predicted molar refractivity (Wildman–Crippen MR) is 151 cm³/mol. The van der Waals surface area contributed by atoms with Gasteiger partial charge in [-0.1, -0.05) is 56.2 Å². The van der Waals surface area contributed by atoms with Crippen LogP contribution in [0.3, 0.4) is 0 Å². The summed E-state index contributed by atoms with van der Waals surface area (Å²) >= 11 is 0. The Hall–Kier alpha value is -2.87. The van der Waals surface area contributed by atoms with Crippen LogP contribution in [0.5, 0.6) is 0 Å². The summed E-state index contributed by atoms with van der Waals surface area (Å²) in [6.07, 6.45) is 4.02. The van der Waals surface area contributed by atoms with Crippen molar-refractivity contribution in [1.29, 1.82) is 0 Å². The number of hydrogen-bond donors (Lipinski definition) is 1. The van der Waals surface area contributed by atoms with Gasteiger partial charge in [-0.15, -0.1) is 0 Å². The van der Waals surface area contributed by atoms with Gasteiger partial charge in [0.2, 0.25) is 21.8 Å². The van der Waals surface area contributed by atoms with E-state index in [0.717, 1.165) is 35.1 Å². The molecule has 7 nitrogen and oxygen atoms in total. The molecule has 0 aliphatic heterocycles. The summed E-state index contributed by atoms with van der Waals surface area (Å²) in [6, 6.07) is 13.0. The molecule has 204 valence electrons. The largest absolute Gasteiger partial charge is 0.354 e. The Labute approximate surface area is 223 Å². The van der Waals surface area contributed by atoms with Crippen LogP contribution in [0.2, 0.25) is 0 Å². The van der Waals surface area contributed by atoms with Crippen molar-refractivity contribution in [3.05, 3.63) is 64.7 Å². The molecule has 2 aromatic carbocycles. The molecule has 2 aromatic rings. The third kappa shape index (κ3) is 9.50. The number of benzene rings is 2. The second-order valence-electron chi connectivity index (χ2n) is 9.86. The summed E-state index contributed by atoms with van der Waals surface area (Å²) in [5.41, 5.74) is 4.60. The Morgan fingerprint density at radius 2 is 1.62 bits per heavy atom. The standard InChI is InChI=1S/C29H43N3O4S/c1-7-9-15-30-29(34)27(8-2)31(21-25-13-10-12-22(3)18-25)28(33)14-11-16-32(37(6,35)36)26-19-23(4)17-24(5)20-26/h10,12-13,17-20,27H,7-9,11,14-16,21H2,1-6H3,(H,30,34)/t27-/m0/s1. The first-order valence-electron chi connectivity index (χ1n) is 13.1. The Bertz CT molecular complexity index is 1140. The van der Waals surface area contributed by atoms with Gasteiger partial charge >= 0.3 is 0 Å². The number of anilines is 1. The molecule has 0 heterocycles. The van der Waals surface area contributed by atoms with Crippen LogP contribution in [0.1, 0.15) is 68.2 Å². The molecular formula is C29H43N3O4S. The zero-order valence-corrected chi connectivity index (χ0v) is 24.0. The van der Waals surface area contributed by atoms with E-state index in [2.05, 4.69) is 12.2 Å². The van der Waals surface area contributed by atoms with Crippen molar-refractivity contribution in [2.24, 2.45) is 0 Å². The van der Waals surface area contributed by atoms with Crippen molar-refractivity contribution in [2.75, 3.05) is 23.7 Å². The third-order valence-electron chi connectivity index (χ3n) is 6.30. The molecule has 0 saturated heterocycles. The molecule has 0 bridgehead atoms. The van der Waals surface area contributed by atoms with Crippen LogP contribution in [-0.2, 0) is 26.2 Å². The third-order valence-corrected chi connectivity index (χ3v) is 7.49. The number of carbonyl (C=O) groups is 2. The van der Waals surface area contributed by atoms with Gasteiger partial charge in [0.05, 0.1) is 11.9 Å². The summed E-state index contributed by atoms with van der Waals surface area (Å²) in [6.45, 7) is 10.9. The van der Waals surface area contributed by atoms with E-state index in [1.165, 1.54) is 10.6 Å². The van der Waals surface area contributed by atoms with Gasteiger partial charge in [-0.25, -0.2) is 8.42 Å². The molecule has 1 N–H and O–H groups in total. The maximum Gasteiger partial charge on any atom is 0.242 e. The molecule has 8 heteroatoms. The van der Waals surface area contributed by atoms with Gasteiger partial charge in [0.25, 0.3) is 0 Å². The molecule has 0 radical (unpaired) electrons. The molecule has 0 aliphatic carbocycles. The van der Waals surface area contributed by atoms with Crippen molar-refractivity contribution >= 4 is 27.5 Å². The smallest absolute Gasteiger partial charge is 0.242 e. The Kier molecular flexibility index (Phi) is 11.6. The van der Waals surface area contributed by atoms with E-state index in [4.69, 9.17) is 0 Å². The quantitative estimate of drug-likeness (QED) is 0.353. The summed E-state index contributed by atoms with van der Waals surface area (Å²) < 4.78 is 26.5. The average Bonchev–Trinajstić information content (AvgIpc) is 2.80. The molecular weight excluding hydrogens is 486 g/mol. The van der Waals surface area contributed by atoms with Crippen LogP contribution in [0, 0.1) is 20.8 Å². The van der Waals surface area contributed by atoms with Gasteiger partial charge in [-0.2, -0.15) is 0 Å². The highest BCUT2D eigenvalue weighted by Crippen LogP contribution is 2.22. The minimum Gasteiger partial charge on any atom is -0.354 e. The van der Waals surface area contributed by atoms with Crippen molar-refractivity contribution in [3.8, 4) is 0 Å². The van der Waals surface area contributed by atoms with Crippen molar-refractivity contribution in [3.63, 3.8) is 0 Å².